The minimum atomic E-state index is -0.0130. The molecule has 5 heteroatoms. The molecular formula is C22H22N4O. The van der Waals surface area contributed by atoms with Gasteiger partial charge in [-0.2, -0.15) is 0 Å². The highest BCUT2D eigenvalue weighted by molar-refractivity contribution is 5.97. The maximum Gasteiger partial charge on any atom is 0.228 e. The second kappa shape index (κ2) is 6.27. The molecule has 0 bridgehead atoms. The normalized spacial score (nSPS) is 14.6. The maximum atomic E-state index is 12.6. The van der Waals surface area contributed by atoms with Crippen LogP contribution in [-0.2, 0) is 11.2 Å². The predicted octanol–water partition coefficient (Wildman–Crippen LogP) is 4.80. The van der Waals surface area contributed by atoms with Crippen LogP contribution < -0.4 is 5.32 Å². The number of amides is 1. The van der Waals surface area contributed by atoms with Crippen molar-refractivity contribution >= 4 is 33.5 Å². The Morgan fingerprint density at radius 1 is 1.15 bits per heavy atom. The van der Waals surface area contributed by atoms with Crippen molar-refractivity contribution < 1.29 is 4.79 Å². The fourth-order valence-electron chi connectivity index (χ4n) is 3.91. The van der Waals surface area contributed by atoms with E-state index in [0.29, 0.717) is 12.3 Å². The third kappa shape index (κ3) is 2.89. The summed E-state index contributed by atoms with van der Waals surface area (Å²) in [5.41, 5.74) is 5.91. The van der Waals surface area contributed by atoms with Crippen LogP contribution in [0.25, 0.3) is 21.9 Å². The molecule has 0 atom stereocenters. The highest BCUT2D eigenvalue weighted by atomic mass is 16.1. The second-order valence-corrected chi connectivity index (χ2v) is 7.48. The van der Waals surface area contributed by atoms with Crippen LogP contribution in [0.4, 0.5) is 5.69 Å². The fourth-order valence-corrected chi connectivity index (χ4v) is 3.91. The summed E-state index contributed by atoms with van der Waals surface area (Å²) in [6.07, 6.45) is 4.07. The largest absolute Gasteiger partial charge is 0.358 e. The number of H-pyrrole nitrogens is 2. The van der Waals surface area contributed by atoms with Gasteiger partial charge in [-0.1, -0.05) is 24.6 Å². The van der Waals surface area contributed by atoms with Crippen LogP contribution in [0.3, 0.4) is 0 Å². The minimum absolute atomic E-state index is 0.0130. The van der Waals surface area contributed by atoms with E-state index in [1.54, 1.807) is 0 Å². The molecule has 1 aliphatic carbocycles. The maximum absolute atomic E-state index is 12.6. The topological polar surface area (TPSA) is 73.6 Å². The van der Waals surface area contributed by atoms with Crippen LogP contribution in [0, 0.1) is 6.92 Å². The van der Waals surface area contributed by atoms with Crippen LogP contribution in [0.2, 0.25) is 0 Å². The Hall–Kier alpha value is -3.08. The molecule has 2 aromatic carbocycles. The minimum Gasteiger partial charge on any atom is -0.358 e. The van der Waals surface area contributed by atoms with E-state index in [9.17, 15) is 4.79 Å². The van der Waals surface area contributed by atoms with Crippen molar-refractivity contribution in [3.8, 4) is 0 Å². The number of fused-ring (bicyclic) bond motifs is 2. The smallest absolute Gasteiger partial charge is 0.228 e. The number of aryl methyl sites for hydroxylation is 1. The van der Waals surface area contributed by atoms with Gasteiger partial charge in [-0.3, -0.25) is 4.79 Å². The molecule has 3 N–H and O–H groups in total. The lowest BCUT2D eigenvalue weighted by Crippen LogP contribution is -2.14. The van der Waals surface area contributed by atoms with Crippen LogP contribution in [0.5, 0.6) is 0 Å². The summed E-state index contributed by atoms with van der Waals surface area (Å²) in [7, 11) is 0. The number of nitrogens with one attached hydrogen (secondary N) is 3. The number of rotatable bonds is 4. The van der Waals surface area contributed by atoms with Gasteiger partial charge in [0.05, 0.1) is 17.5 Å². The number of imidazole rings is 1. The molecule has 0 spiro atoms. The summed E-state index contributed by atoms with van der Waals surface area (Å²) in [6, 6.07) is 14.0. The Morgan fingerprint density at radius 3 is 2.81 bits per heavy atom. The molecule has 5 rings (SSSR count). The molecule has 0 aliphatic heterocycles. The Morgan fingerprint density at radius 2 is 2.00 bits per heavy atom. The van der Waals surface area contributed by atoms with E-state index < -0.39 is 0 Å². The van der Waals surface area contributed by atoms with Gasteiger partial charge in [-0.15, -0.1) is 0 Å². The summed E-state index contributed by atoms with van der Waals surface area (Å²) in [4.78, 5) is 24.1. The van der Waals surface area contributed by atoms with E-state index in [1.807, 2.05) is 43.3 Å². The van der Waals surface area contributed by atoms with Gasteiger partial charge >= 0.3 is 0 Å². The predicted molar refractivity (Wildman–Crippen MR) is 108 cm³/mol. The highest BCUT2D eigenvalue weighted by Crippen LogP contribution is 2.35. The summed E-state index contributed by atoms with van der Waals surface area (Å²) in [6.45, 7) is 2.02. The molecule has 1 saturated carbocycles. The Kier molecular flexibility index (Phi) is 3.74. The third-order valence-electron chi connectivity index (χ3n) is 5.64. The van der Waals surface area contributed by atoms with Gasteiger partial charge in [-0.25, -0.2) is 4.98 Å². The lowest BCUT2D eigenvalue weighted by Gasteiger charge is -2.22. The number of benzene rings is 2. The van der Waals surface area contributed by atoms with Crippen molar-refractivity contribution in [2.75, 3.05) is 5.32 Å². The average Bonchev–Trinajstić information content (AvgIpc) is 3.14. The number of hydrogen-bond acceptors (Lipinski definition) is 2. The summed E-state index contributed by atoms with van der Waals surface area (Å²) in [5, 5.41) is 4.14. The summed E-state index contributed by atoms with van der Waals surface area (Å²) in [5.74, 6) is 1.63. The molecule has 0 unspecified atom stereocenters. The first kappa shape index (κ1) is 16.1. The van der Waals surface area contributed by atoms with Crippen molar-refractivity contribution in [1.29, 1.82) is 0 Å². The van der Waals surface area contributed by atoms with Crippen LogP contribution >= 0.6 is 0 Å². The zero-order valence-electron chi connectivity index (χ0n) is 15.3. The lowest BCUT2D eigenvalue weighted by molar-refractivity contribution is -0.115. The van der Waals surface area contributed by atoms with Crippen LogP contribution in [0.15, 0.2) is 42.5 Å². The molecule has 5 nitrogen and oxygen atoms in total. The molecule has 1 amide bonds. The lowest BCUT2D eigenvalue weighted by atomic mass is 9.85. The molecule has 2 heterocycles. The first-order chi connectivity index (χ1) is 13.2. The number of para-hydroxylation sites is 1. The van der Waals surface area contributed by atoms with Gasteiger partial charge in [0.25, 0.3) is 0 Å². The quantitative estimate of drug-likeness (QED) is 0.490. The Balaban J connectivity index is 1.36. The van der Waals surface area contributed by atoms with Crippen molar-refractivity contribution in [3.63, 3.8) is 0 Å². The van der Waals surface area contributed by atoms with Gasteiger partial charge in [0.1, 0.15) is 5.82 Å². The van der Waals surface area contributed by atoms with E-state index in [-0.39, 0.29) is 5.91 Å². The van der Waals surface area contributed by atoms with Crippen molar-refractivity contribution in [1.82, 2.24) is 15.0 Å². The number of anilines is 1. The summed E-state index contributed by atoms with van der Waals surface area (Å²) < 4.78 is 0. The fraction of sp³-hybridized carbons (Fsp3) is 0.273. The van der Waals surface area contributed by atoms with Gasteiger partial charge in [0.15, 0.2) is 0 Å². The van der Waals surface area contributed by atoms with Gasteiger partial charge in [-0.05, 0) is 49.6 Å². The first-order valence-electron chi connectivity index (χ1n) is 9.53. The van der Waals surface area contributed by atoms with Crippen molar-refractivity contribution in [2.45, 2.75) is 38.5 Å². The molecule has 4 aromatic rings. The van der Waals surface area contributed by atoms with Crippen LogP contribution in [0.1, 0.15) is 42.3 Å². The Labute approximate surface area is 157 Å². The molecule has 1 aliphatic rings. The molecule has 2 aromatic heterocycles. The van der Waals surface area contributed by atoms with E-state index in [0.717, 1.165) is 44.7 Å². The SMILES string of the molecule is Cc1[nH]c2ccccc2c1CC(=O)Nc1ccc2nc(C3CCC3)[nH]c2c1. The number of nitrogens with zero attached hydrogens (tertiary/aromatic N) is 1. The monoisotopic (exact) mass is 358 g/mol. The number of carbonyl (C=O) groups is 1. The molecule has 1 fully saturated rings. The van der Waals surface area contributed by atoms with E-state index in [1.165, 1.54) is 19.3 Å². The zero-order valence-corrected chi connectivity index (χ0v) is 15.3. The number of aromatic amines is 2. The molecule has 27 heavy (non-hydrogen) atoms. The third-order valence-corrected chi connectivity index (χ3v) is 5.64. The molecule has 0 saturated heterocycles. The molecule has 136 valence electrons. The standard InChI is InChI=1S/C22H22N4O/c1-13-17(16-7-2-3-8-18(16)23-13)12-21(27)24-15-9-10-19-20(11-15)26-22(25-19)14-5-4-6-14/h2-3,7-11,14,23H,4-6,12H2,1H3,(H,24,27)(H,25,26). The van der Waals surface area contributed by atoms with Gasteiger partial charge in [0.2, 0.25) is 5.91 Å². The first-order valence-corrected chi connectivity index (χ1v) is 9.53. The van der Waals surface area contributed by atoms with E-state index >= 15 is 0 Å². The number of aromatic nitrogens is 3. The molecule has 0 radical (unpaired) electrons. The Bertz CT molecular complexity index is 1150. The van der Waals surface area contributed by atoms with Crippen LogP contribution in [-0.4, -0.2) is 20.9 Å². The zero-order chi connectivity index (χ0) is 18.4. The average molecular weight is 358 g/mol. The highest BCUT2D eigenvalue weighted by Gasteiger charge is 2.22. The van der Waals surface area contributed by atoms with Crippen molar-refractivity contribution in [2.24, 2.45) is 0 Å². The number of carbonyl (C=O) groups excluding carboxylic acids is 1. The van der Waals surface area contributed by atoms with Gasteiger partial charge < -0.3 is 15.3 Å². The van der Waals surface area contributed by atoms with Gasteiger partial charge in [0, 0.05) is 28.2 Å². The molecular weight excluding hydrogens is 336 g/mol. The summed E-state index contributed by atoms with van der Waals surface area (Å²) >= 11 is 0. The van der Waals surface area contributed by atoms with E-state index in [2.05, 4.69) is 26.3 Å². The van der Waals surface area contributed by atoms with E-state index in [4.69, 9.17) is 0 Å². The van der Waals surface area contributed by atoms with Crippen molar-refractivity contribution in [3.05, 3.63) is 59.5 Å². The number of hydrogen-bond donors (Lipinski definition) is 3. The second-order valence-electron chi connectivity index (χ2n) is 7.48.